The summed E-state index contributed by atoms with van der Waals surface area (Å²) in [6, 6.07) is 15.8. The fourth-order valence-corrected chi connectivity index (χ4v) is 3.19. The van der Waals surface area contributed by atoms with Crippen molar-refractivity contribution in [2.24, 2.45) is 0 Å². The zero-order chi connectivity index (χ0) is 16.2. The van der Waals surface area contributed by atoms with E-state index in [1.54, 1.807) is 13.2 Å². The molecule has 0 spiro atoms. The lowest BCUT2D eigenvalue weighted by Crippen LogP contribution is -2.48. The van der Waals surface area contributed by atoms with Gasteiger partial charge in [0.05, 0.1) is 12.7 Å². The van der Waals surface area contributed by atoms with Crippen molar-refractivity contribution >= 4 is 27.5 Å². The first-order chi connectivity index (χ1) is 11.2. The molecule has 23 heavy (non-hydrogen) atoms. The largest absolute Gasteiger partial charge is 0.497 e. The summed E-state index contributed by atoms with van der Waals surface area (Å²) >= 11 is 3.46. The number of piperazine rings is 1. The third kappa shape index (κ3) is 3.50. The van der Waals surface area contributed by atoms with E-state index >= 15 is 0 Å². The molecule has 1 amide bonds. The topological polar surface area (TPSA) is 32.8 Å². The van der Waals surface area contributed by atoms with Crippen LogP contribution in [-0.2, 0) is 0 Å². The molecule has 3 rings (SSSR count). The highest BCUT2D eigenvalue weighted by atomic mass is 79.9. The number of para-hydroxylation sites is 1. The summed E-state index contributed by atoms with van der Waals surface area (Å²) in [5.41, 5.74) is 1.86. The van der Waals surface area contributed by atoms with Crippen LogP contribution in [0.25, 0.3) is 0 Å². The molecule has 0 saturated carbocycles. The van der Waals surface area contributed by atoms with Crippen LogP contribution in [0.1, 0.15) is 10.4 Å². The van der Waals surface area contributed by atoms with Crippen molar-refractivity contribution in [2.75, 3.05) is 38.2 Å². The number of anilines is 1. The van der Waals surface area contributed by atoms with E-state index in [2.05, 4.69) is 33.0 Å². The second kappa shape index (κ2) is 7.04. The summed E-state index contributed by atoms with van der Waals surface area (Å²) in [5.74, 6) is 0.739. The van der Waals surface area contributed by atoms with Gasteiger partial charge < -0.3 is 14.5 Å². The van der Waals surface area contributed by atoms with Gasteiger partial charge in [-0.1, -0.05) is 18.2 Å². The first-order valence-corrected chi connectivity index (χ1v) is 8.41. The van der Waals surface area contributed by atoms with Gasteiger partial charge in [0.15, 0.2) is 0 Å². The van der Waals surface area contributed by atoms with Gasteiger partial charge in [-0.15, -0.1) is 0 Å². The van der Waals surface area contributed by atoms with Crippen molar-refractivity contribution in [1.29, 1.82) is 0 Å². The number of methoxy groups -OCH3 is 1. The van der Waals surface area contributed by atoms with Crippen LogP contribution in [0.15, 0.2) is 53.0 Å². The maximum atomic E-state index is 12.8. The number of carbonyl (C=O) groups excluding carboxylic acids is 1. The molecule has 0 radical (unpaired) electrons. The Morgan fingerprint density at radius 1 is 1.04 bits per heavy atom. The van der Waals surface area contributed by atoms with E-state index in [0.29, 0.717) is 11.3 Å². The molecule has 1 heterocycles. The molecular weight excluding hydrogens is 356 g/mol. The molecule has 0 N–H and O–H groups in total. The van der Waals surface area contributed by atoms with Crippen LogP contribution in [0.5, 0.6) is 5.75 Å². The second-order valence-corrected chi connectivity index (χ2v) is 6.31. The minimum Gasteiger partial charge on any atom is -0.497 e. The molecule has 4 nitrogen and oxygen atoms in total. The first kappa shape index (κ1) is 15.9. The lowest BCUT2D eigenvalue weighted by Gasteiger charge is -2.36. The number of halogens is 1. The SMILES string of the molecule is COc1ccc(Br)c(C(=O)N2CCN(c3ccccc3)CC2)c1. The standard InChI is InChI=1S/C18H19BrN2O2/c1-23-15-7-8-17(19)16(13-15)18(22)21-11-9-20(10-12-21)14-5-3-2-4-6-14/h2-8,13H,9-12H2,1H3. The number of rotatable bonds is 3. The number of carbonyl (C=O) groups is 1. The number of benzene rings is 2. The predicted octanol–water partition coefficient (Wildman–Crippen LogP) is 3.42. The fraction of sp³-hybridized carbons (Fsp3) is 0.278. The number of ether oxygens (including phenoxy) is 1. The highest BCUT2D eigenvalue weighted by Gasteiger charge is 2.23. The highest BCUT2D eigenvalue weighted by Crippen LogP contribution is 2.25. The Kier molecular flexibility index (Phi) is 4.86. The first-order valence-electron chi connectivity index (χ1n) is 7.62. The summed E-state index contributed by atoms with van der Waals surface area (Å²) in [4.78, 5) is 17.0. The van der Waals surface area contributed by atoms with Crippen LogP contribution in [0.3, 0.4) is 0 Å². The van der Waals surface area contributed by atoms with Crippen molar-refractivity contribution in [3.63, 3.8) is 0 Å². The van der Waals surface area contributed by atoms with E-state index < -0.39 is 0 Å². The third-order valence-electron chi connectivity index (χ3n) is 4.09. The Morgan fingerprint density at radius 3 is 2.39 bits per heavy atom. The molecule has 0 atom stereocenters. The van der Waals surface area contributed by atoms with E-state index in [4.69, 9.17) is 4.74 Å². The summed E-state index contributed by atoms with van der Waals surface area (Å²) in [5, 5.41) is 0. The van der Waals surface area contributed by atoms with Crippen LogP contribution in [0.2, 0.25) is 0 Å². The van der Waals surface area contributed by atoms with E-state index in [9.17, 15) is 4.79 Å². The van der Waals surface area contributed by atoms with Crippen molar-refractivity contribution in [1.82, 2.24) is 4.90 Å². The number of hydrogen-bond donors (Lipinski definition) is 0. The van der Waals surface area contributed by atoms with Crippen molar-refractivity contribution in [3.8, 4) is 5.75 Å². The Balaban J connectivity index is 1.69. The van der Waals surface area contributed by atoms with Gasteiger partial charge in [-0.2, -0.15) is 0 Å². The van der Waals surface area contributed by atoms with Gasteiger partial charge in [0.1, 0.15) is 5.75 Å². The Bertz CT molecular complexity index is 683. The summed E-state index contributed by atoms with van der Waals surface area (Å²) in [6.07, 6.45) is 0. The monoisotopic (exact) mass is 374 g/mol. The van der Waals surface area contributed by atoms with Crippen LogP contribution in [0.4, 0.5) is 5.69 Å². The molecule has 2 aromatic carbocycles. The second-order valence-electron chi connectivity index (χ2n) is 5.46. The maximum absolute atomic E-state index is 12.8. The molecule has 2 aromatic rings. The Labute approximate surface area is 144 Å². The van der Waals surface area contributed by atoms with Crippen molar-refractivity contribution in [2.45, 2.75) is 0 Å². The smallest absolute Gasteiger partial charge is 0.255 e. The van der Waals surface area contributed by atoms with E-state index in [0.717, 1.165) is 30.7 Å². The molecular formula is C18H19BrN2O2. The number of amides is 1. The van der Waals surface area contributed by atoms with Gasteiger partial charge >= 0.3 is 0 Å². The lowest BCUT2D eigenvalue weighted by molar-refractivity contribution is 0.0745. The molecule has 1 saturated heterocycles. The molecule has 0 aliphatic carbocycles. The molecule has 1 fully saturated rings. The molecule has 0 unspecified atom stereocenters. The molecule has 120 valence electrons. The molecule has 0 bridgehead atoms. The minimum absolute atomic E-state index is 0.0449. The van der Waals surface area contributed by atoms with Crippen LogP contribution in [-0.4, -0.2) is 44.1 Å². The van der Waals surface area contributed by atoms with Gasteiger partial charge in [0.2, 0.25) is 0 Å². The number of hydrogen-bond acceptors (Lipinski definition) is 3. The van der Waals surface area contributed by atoms with Crippen LogP contribution in [0, 0.1) is 0 Å². The van der Waals surface area contributed by atoms with Gasteiger partial charge in [-0.3, -0.25) is 4.79 Å². The molecule has 5 heteroatoms. The van der Waals surface area contributed by atoms with Gasteiger partial charge in [-0.25, -0.2) is 0 Å². The average Bonchev–Trinajstić information content (AvgIpc) is 2.62. The maximum Gasteiger partial charge on any atom is 0.255 e. The summed E-state index contributed by atoms with van der Waals surface area (Å²) in [6.45, 7) is 3.13. The average molecular weight is 375 g/mol. The lowest BCUT2D eigenvalue weighted by atomic mass is 10.1. The fourth-order valence-electron chi connectivity index (χ4n) is 2.77. The highest BCUT2D eigenvalue weighted by molar-refractivity contribution is 9.10. The Morgan fingerprint density at radius 2 is 1.74 bits per heavy atom. The van der Waals surface area contributed by atoms with Gasteiger partial charge in [0.25, 0.3) is 5.91 Å². The normalized spacial score (nSPS) is 14.7. The summed E-state index contributed by atoms with van der Waals surface area (Å²) in [7, 11) is 1.61. The van der Waals surface area contributed by atoms with Crippen molar-refractivity contribution in [3.05, 3.63) is 58.6 Å². The van der Waals surface area contributed by atoms with E-state index in [1.807, 2.05) is 35.2 Å². The third-order valence-corrected chi connectivity index (χ3v) is 4.78. The zero-order valence-corrected chi connectivity index (χ0v) is 14.6. The van der Waals surface area contributed by atoms with Gasteiger partial charge in [-0.05, 0) is 46.3 Å². The van der Waals surface area contributed by atoms with Gasteiger partial charge in [0, 0.05) is 36.3 Å². The Hall–Kier alpha value is -2.01. The van der Waals surface area contributed by atoms with Crippen molar-refractivity contribution < 1.29 is 9.53 Å². The quantitative estimate of drug-likeness (QED) is 0.824. The zero-order valence-electron chi connectivity index (χ0n) is 13.0. The minimum atomic E-state index is 0.0449. The van der Waals surface area contributed by atoms with E-state index in [1.165, 1.54) is 5.69 Å². The number of nitrogens with zero attached hydrogens (tertiary/aromatic N) is 2. The molecule has 1 aliphatic heterocycles. The van der Waals surface area contributed by atoms with E-state index in [-0.39, 0.29) is 5.91 Å². The molecule has 1 aliphatic rings. The van der Waals surface area contributed by atoms with Crippen LogP contribution >= 0.6 is 15.9 Å². The summed E-state index contributed by atoms with van der Waals surface area (Å²) < 4.78 is 6.02. The van der Waals surface area contributed by atoms with Crippen LogP contribution < -0.4 is 9.64 Å². The predicted molar refractivity (Wildman–Crippen MR) is 95.3 cm³/mol. The molecule has 0 aromatic heterocycles.